The SMILES string of the molecule is c1ccc(COC[C@@H]2CCCCO2)cc1. The molecular formula is C13H18O2. The minimum atomic E-state index is 0.322. The third kappa shape index (κ3) is 3.65. The molecule has 0 spiro atoms. The van der Waals surface area contributed by atoms with Crippen LogP contribution >= 0.6 is 0 Å². The maximum atomic E-state index is 5.63. The molecule has 1 aliphatic rings. The molecule has 0 bridgehead atoms. The van der Waals surface area contributed by atoms with Crippen molar-refractivity contribution in [3.8, 4) is 0 Å². The van der Waals surface area contributed by atoms with E-state index in [0.29, 0.717) is 12.7 Å². The summed E-state index contributed by atoms with van der Waals surface area (Å²) in [5, 5.41) is 0. The average Bonchev–Trinajstić information content (AvgIpc) is 2.32. The van der Waals surface area contributed by atoms with Gasteiger partial charge in [0, 0.05) is 6.61 Å². The molecule has 1 fully saturated rings. The van der Waals surface area contributed by atoms with E-state index in [4.69, 9.17) is 9.47 Å². The van der Waals surface area contributed by atoms with E-state index in [9.17, 15) is 0 Å². The van der Waals surface area contributed by atoms with Gasteiger partial charge in [-0.2, -0.15) is 0 Å². The lowest BCUT2D eigenvalue weighted by Crippen LogP contribution is -2.24. The summed E-state index contributed by atoms with van der Waals surface area (Å²) in [6.45, 7) is 2.33. The highest BCUT2D eigenvalue weighted by Crippen LogP contribution is 2.13. The Bertz CT molecular complexity index is 265. The molecular weight excluding hydrogens is 188 g/mol. The van der Waals surface area contributed by atoms with Crippen molar-refractivity contribution in [2.24, 2.45) is 0 Å². The van der Waals surface area contributed by atoms with E-state index >= 15 is 0 Å². The van der Waals surface area contributed by atoms with Crippen molar-refractivity contribution in [3.63, 3.8) is 0 Å². The minimum Gasteiger partial charge on any atom is -0.376 e. The fourth-order valence-corrected chi connectivity index (χ4v) is 1.82. The highest BCUT2D eigenvalue weighted by atomic mass is 16.5. The normalized spacial score (nSPS) is 21.5. The Hall–Kier alpha value is -0.860. The first-order valence-electron chi connectivity index (χ1n) is 5.68. The molecule has 0 aliphatic carbocycles. The Labute approximate surface area is 91.2 Å². The topological polar surface area (TPSA) is 18.5 Å². The van der Waals surface area contributed by atoms with Crippen LogP contribution < -0.4 is 0 Å². The first kappa shape index (κ1) is 10.7. The lowest BCUT2D eigenvalue weighted by atomic mass is 10.1. The highest BCUT2D eigenvalue weighted by Gasteiger charge is 2.13. The summed E-state index contributed by atoms with van der Waals surface area (Å²) >= 11 is 0. The molecule has 0 saturated carbocycles. The van der Waals surface area contributed by atoms with Crippen LogP contribution in [-0.2, 0) is 16.1 Å². The number of benzene rings is 1. The van der Waals surface area contributed by atoms with E-state index in [-0.39, 0.29) is 0 Å². The Morgan fingerprint density at radius 1 is 1.20 bits per heavy atom. The number of rotatable bonds is 4. The summed E-state index contributed by atoms with van der Waals surface area (Å²) in [5.74, 6) is 0. The van der Waals surface area contributed by atoms with Crippen LogP contribution in [0.2, 0.25) is 0 Å². The van der Waals surface area contributed by atoms with E-state index in [1.165, 1.54) is 18.4 Å². The predicted molar refractivity (Wildman–Crippen MR) is 59.7 cm³/mol. The molecule has 2 nitrogen and oxygen atoms in total. The van der Waals surface area contributed by atoms with E-state index in [2.05, 4.69) is 12.1 Å². The summed E-state index contributed by atoms with van der Waals surface area (Å²) in [6, 6.07) is 10.3. The molecule has 1 aliphatic heterocycles. The number of ether oxygens (including phenoxy) is 2. The van der Waals surface area contributed by atoms with Crippen LogP contribution in [0.25, 0.3) is 0 Å². The van der Waals surface area contributed by atoms with Crippen LogP contribution in [0.4, 0.5) is 0 Å². The summed E-state index contributed by atoms with van der Waals surface area (Å²) < 4.78 is 11.2. The Kier molecular flexibility index (Phi) is 4.18. The summed E-state index contributed by atoms with van der Waals surface area (Å²) in [4.78, 5) is 0. The van der Waals surface area contributed by atoms with Gasteiger partial charge in [-0.1, -0.05) is 30.3 Å². The molecule has 1 heterocycles. The standard InChI is InChI=1S/C13H18O2/c1-2-6-12(7-3-1)10-14-11-13-8-4-5-9-15-13/h1-3,6-7,13H,4-5,8-11H2/t13-/m0/s1. The van der Waals surface area contributed by atoms with Gasteiger partial charge in [0.15, 0.2) is 0 Å². The maximum absolute atomic E-state index is 5.63. The maximum Gasteiger partial charge on any atom is 0.0808 e. The second-order valence-electron chi connectivity index (χ2n) is 3.99. The molecule has 82 valence electrons. The van der Waals surface area contributed by atoms with Gasteiger partial charge in [0.25, 0.3) is 0 Å². The molecule has 2 rings (SSSR count). The van der Waals surface area contributed by atoms with Gasteiger partial charge < -0.3 is 9.47 Å². The highest BCUT2D eigenvalue weighted by molar-refractivity contribution is 5.13. The van der Waals surface area contributed by atoms with Crippen molar-refractivity contribution < 1.29 is 9.47 Å². The smallest absolute Gasteiger partial charge is 0.0808 e. The third-order valence-corrected chi connectivity index (χ3v) is 2.69. The van der Waals surface area contributed by atoms with Gasteiger partial charge in [-0.25, -0.2) is 0 Å². The minimum absolute atomic E-state index is 0.322. The van der Waals surface area contributed by atoms with Crippen LogP contribution in [0, 0.1) is 0 Å². The van der Waals surface area contributed by atoms with Gasteiger partial charge in [-0.05, 0) is 24.8 Å². The van der Waals surface area contributed by atoms with E-state index in [0.717, 1.165) is 19.6 Å². The second kappa shape index (κ2) is 5.89. The van der Waals surface area contributed by atoms with Crippen molar-refractivity contribution in [3.05, 3.63) is 35.9 Å². The van der Waals surface area contributed by atoms with Crippen LogP contribution in [0.15, 0.2) is 30.3 Å². The zero-order valence-electron chi connectivity index (χ0n) is 9.02. The van der Waals surface area contributed by atoms with Gasteiger partial charge in [0.1, 0.15) is 0 Å². The molecule has 15 heavy (non-hydrogen) atoms. The van der Waals surface area contributed by atoms with Gasteiger partial charge in [0.2, 0.25) is 0 Å². The lowest BCUT2D eigenvalue weighted by Gasteiger charge is -2.22. The molecule has 1 atom stereocenters. The van der Waals surface area contributed by atoms with Gasteiger partial charge >= 0.3 is 0 Å². The molecule has 0 amide bonds. The van der Waals surface area contributed by atoms with Crippen LogP contribution in [0.1, 0.15) is 24.8 Å². The number of hydrogen-bond acceptors (Lipinski definition) is 2. The van der Waals surface area contributed by atoms with Crippen molar-refractivity contribution in [1.29, 1.82) is 0 Å². The number of hydrogen-bond donors (Lipinski definition) is 0. The second-order valence-corrected chi connectivity index (χ2v) is 3.99. The molecule has 2 heteroatoms. The monoisotopic (exact) mass is 206 g/mol. The van der Waals surface area contributed by atoms with Gasteiger partial charge in [-0.3, -0.25) is 0 Å². The quantitative estimate of drug-likeness (QED) is 0.754. The van der Waals surface area contributed by atoms with Crippen LogP contribution in [0.3, 0.4) is 0 Å². The van der Waals surface area contributed by atoms with Gasteiger partial charge in [-0.15, -0.1) is 0 Å². The van der Waals surface area contributed by atoms with E-state index in [1.807, 2.05) is 18.2 Å². The molecule has 1 saturated heterocycles. The zero-order valence-corrected chi connectivity index (χ0v) is 9.02. The summed E-state index contributed by atoms with van der Waals surface area (Å²) in [6.07, 6.45) is 3.95. The Morgan fingerprint density at radius 3 is 2.80 bits per heavy atom. The largest absolute Gasteiger partial charge is 0.376 e. The fraction of sp³-hybridized carbons (Fsp3) is 0.538. The molecule has 0 N–H and O–H groups in total. The molecule has 1 aromatic carbocycles. The fourth-order valence-electron chi connectivity index (χ4n) is 1.82. The first-order chi connectivity index (χ1) is 7.45. The third-order valence-electron chi connectivity index (χ3n) is 2.69. The van der Waals surface area contributed by atoms with Crippen LogP contribution in [0.5, 0.6) is 0 Å². The summed E-state index contributed by atoms with van der Waals surface area (Å²) in [7, 11) is 0. The molecule has 0 unspecified atom stereocenters. The van der Waals surface area contributed by atoms with Crippen molar-refractivity contribution >= 4 is 0 Å². The Balaban J connectivity index is 1.66. The van der Waals surface area contributed by atoms with Crippen molar-refractivity contribution in [1.82, 2.24) is 0 Å². The predicted octanol–water partition coefficient (Wildman–Crippen LogP) is 2.77. The molecule has 0 radical (unpaired) electrons. The Morgan fingerprint density at radius 2 is 2.07 bits per heavy atom. The first-order valence-corrected chi connectivity index (χ1v) is 5.68. The lowest BCUT2D eigenvalue weighted by molar-refractivity contribution is -0.0447. The van der Waals surface area contributed by atoms with Crippen LogP contribution in [-0.4, -0.2) is 19.3 Å². The van der Waals surface area contributed by atoms with Crippen molar-refractivity contribution in [2.45, 2.75) is 32.0 Å². The molecule has 0 aromatic heterocycles. The van der Waals surface area contributed by atoms with E-state index < -0.39 is 0 Å². The summed E-state index contributed by atoms with van der Waals surface area (Å²) in [5.41, 5.74) is 1.23. The molecule has 1 aromatic rings. The van der Waals surface area contributed by atoms with Gasteiger partial charge in [0.05, 0.1) is 19.3 Å². The zero-order chi connectivity index (χ0) is 10.3. The van der Waals surface area contributed by atoms with E-state index in [1.54, 1.807) is 0 Å². The average molecular weight is 206 g/mol. The van der Waals surface area contributed by atoms with Crippen molar-refractivity contribution in [2.75, 3.05) is 13.2 Å².